The molecule has 0 aliphatic carbocycles. The van der Waals surface area contributed by atoms with Crippen molar-refractivity contribution < 1.29 is 14.4 Å². The second-order valence-electron chi connectivity index (χ2n) is 5.63. The Hall–Kier alpha value is -1.63. The smallest absolute Gasteiger partial charge is 0.327 e. The van der Waals surface area contributed by atoms with Crippen LogP contribution in [0.1, 0.15) is 47.5 Å². The summed E-state index contributed by atoms with van der Waals surface area (Å²) in [5.74, 6) is -0.161. The second-order valence-corrected chi connectivity index (χ2v) is 5.63. The molecule has 2 unspecified atom stereocenters. The zero-order valence-electron chi connectivity index (χ0n) is 13.6. The SMILES string of the molecule is CCC(C)NCC(=O)NNC(=O)NC(CC(C)C)C(C)=O. The Morgan fingerprint density at radius 2 is 1.67 bits per heavy atom. The minimum Gasteiger partial charge on any atom is -0.327 e. The summed E-state index contributed by atoms with van der Waals surface area (Å²) >= 11 is 0. The van der Waals surface area contributed by atoms with E-state index in [9.17, 15) is 14.4 Å². The number of hydrogen-bond donors (Lipinski definition) is 4. The summed E-state index contributed by atoms with van der Waals surface area (Å²) in [4.78, 5) is 34.5. The fraction of sp³-hybridized carbons (Fsp3) is 0.786. The van der Waals surface area contributed by atoms with Gasteiger partial charge in [0.05, 0.1) is 12.6 Å². The Morgan fingerprint density at radius 3 is 2.14 bits per heavy atom. The number of carbonyl (C=O) groups is 3. The highest BCUT2D eigenvalue weighted by Gasteiger charge is 2.18. The highest BCUT2D eigenvalue weighted by molar-refractivity contribution is 5.88. The predicted octanol–water partition coefficient (Wildman–Crippen LogP) is 0.709. The molecule has 4 N–H and O–H groups in total. The maximum atomic E-state index is 11.6. The quantitative estimate of drug-likeness (QED) is 0.496. The van der Waals surface area contributed by atoms with Gasteiger partial charge in [-0.15, -0.1) is 0 Å². The molecule has 0 aromatic rings. The first-order valence-electron chi connectivity index (χ1n) is 7.35. The van der Waals surface area contributed by atoms with Crippen LogP contribution in [0.2, 0.25) is 0 Å². The van der Waals surface area contributed by atoms with Crippen molar-refractivity contribution in [2.24, 2.45) is 5.92 Å². The van der Waals surface area contributed by atoms with Gasteiger partial charge in [0, 0.05) is 6.04 Å². The van der Waals surface area contributed by atoms with Gasteiger partial charge in [0.25, 0.3) is 5.91 Å². The van der Waals surface area contributed by atoms with Gasteiger partial charge in [-0.25, -0.2) is 10.2 Å². The van der Waals surface area contributed by atoms with Gasteiger partial charge in [0.2, 0.25) is 0 Å². The van der Waals surface area contributed by atoms with E-state index in [-0.39, 0.29) is 30.2 Å². The number of urea groups is 1. The van der Waals surface area contributed by atoms with E-state index < -0.39 is 12.1 Å². The molecule has 0 bridgehead atoms. The van der Waals surface area contributed by atoms with Gasteiger partial charge in [-0.2, -0.15) is 0 Å². The normalized spacial score (nSPS) is 13.4. The molecule has 3 amide bonds. The van der Waals surface area contributed by atoms with Gasteiger partial charge in [-0.1, -0.05) is 20.8 Å². The molecule has 21 heavy (non-hydrogen) atoms. The molecule has 0 saturated heterocycles. The third-order valence-electron chi connectivity index (χ3n) is 3.04. The van der Waals surface area contributed by atoms with E-state index in [4.69, 9.17) is 0 Å². The van der Waals surface area contributed by atoms with Gasteiger partial charge in [-0.05, 0) is 32.6 Å². The van der Waals surface area contributed by atoms with Gasteiger partial charge < -0.3 is 10.6 Å². The third-order valence-corrected chi connectivity index (χ3v) is 3.04. The Bertz CT molecular complexity index is 358. The maximum absolute atomic E-state index is 11.6. The number of ketones is 1. The molecule has 0 aromatic heterocycles. The minimum absolute atomic E-state index is 0.108. The van der Waals surface area contributed by atoms with E-state index in [0.717, 1.165) is 6.42 Å². The van der Waals surface area contributed by atoms with Gasteiger partial charge >= 0.3 is 6.03 Å². The summed E-state index contributed by atoms with van der Waals surface area (Å²) in [6.07, 6.45) is 1.48. The summed E-state index contributed by atoms with van der Waals surface area (Å²) < 4.78 is 0. The van der Waals surface area contributed by atoms with Crippen LogP contribution in [0.25, 0.3) is 0 Å². The molecule has 2 atom stereocenters. The fourth-order valence-corrected chi connectivity index (χ4v) is 1.57. The van der Waals surface area contributed by atoms with Crippen molar-refractivity contribution in [3.8, 4) is 0 Å². The molecule has 0 spiro atoms. The van der Waals surface area contributed by atoms with E-state index in [1.807, 2.05) is 27.7 Å². The topological polar surface area (TPSA) is 99.3 Å². The number of Topliss-reactive ketones (excluding diaryl/α,β-unsaturated/α-hetero) is 1. The van der Waals surface area contributed by atoms with Crippen LogP contribution in [0.15, 0.2) is 0 Å². The molecule has 7 nitrogen and oxygen atoms in total. The molecule has 0 rings (SSSR count). The van der Waals surface area contributed by atoms with Crippen LogP contribution < -0.4 is 21.5 Å². The first kappa shape index (κ1) is 19.4. The summed E-state index contributed by atoms with van der Waals surface area (Å²) in [7, 11) is 0. The number of hydrogen-bond acceptors (Lipinski definition) is 4. The Kier molecular flexibility index (Phi) is 9.36. The van der Waals surface area contributed by atoms with Crippen molar-refractivity contribution in [1.29, 1.82) is 0 Å². The monoisotopic (exact) mass is 300 g/mol. The molecule has 0 aromatic carbocycles. The molecule has 0 saturated carbocycles. The average molecular weight is 300 g/mol. The first-order chi connectivity index (χ1) is 9.76. The zero-order chi connectivity index (χ0) is 16.4. The van der Waals surface area contributed by atoms with Crippen molar-refractivity contribution in [3.63, 3.8) is 0 Å². The molecule has 0 aliphatic rings. The molecular formula is C14H28N4O3. The molecule has 0 aliphatic heterocycles. The highest BCUT2D eigenvalue weighted by Crippen LogP contribution is 2.05. The van der Waals surface area contributed by atoms with E-state index >= 15 is 0 Å². The summed E-state index contributed by atoms with van der Waals surface area (Å²) in [5, 5.41) is 5.55. The predicted molar refractivity (Wildman–Crippen MR) is 81.5 cm³/mol. The lowest BCUT2D eigenvalue weighted by Gasteiger charge is -2.18. The number of carbonyl (C=O) groups excluding carboxylic acids is 3. The summed E-state index contributed by atoms with van der Waals surface area (Å²) in [6.45, 7) is 9.48. The van der Waals surface area contributed by atoms with E-state index in [0.29, 0.717) is 6.42 Å². The van der Waals surface area contributed by atoms with Crippen molar-refractivity contribution in [3.05, 3.63) is 0 Å². The summed E-state index contributed by atoms with van der Waals surface area (Å²) in [6, 6.07) is -0.898. The average Bonchev–Trinajstić information content (AvgIpc) is 2.41. The van der Waals surface area contributed by atoms with Gasteiger partial charge in [0.1, 0.15) is 0 Å². The van der Waals surface area contributed by atoms with E-state index in [1.54, 1.807) is 0 Å². The first-order valence-corrected chi connectivity index (χ1v) is 7.35. The van der Waals surface area contributed by atoms with Crippen molar-refractivity contribution >= 4 is 17.7 Å². The van der Waals surface area contributed by atoms with Gasteiger partial charge in [-0.3, -0.25) is 15.0 Å². The molecule has 0 fully saturated rings. The lowest BCUT2D eigenvalue weighted by molar-refractivity contribution is -0.121. The van der Waals surface area contributed by atoms with Crippen LogP contribution in [0.4, 0.5) is 4.79 Å². The number of amides is 3. The highest BCUT2D eigenvalue weighted by atomic mass is 16.2. The maximum Gasteiger partial charge on any atom is 0.334 e. The Morgan fingerprint density at radius 1 is 1.05 bits per heavy atom. The largest absolute Gasteiger partial charge is 0.334 e. The number of hydrazine groups is 1. The van der Waals surface area contributed by atoms with Crippen LogP contribution in [-0.2, 0) is 9.59 Å². The van der Waals surface area contributed by atoms with Crippen molar-refractivity contribution in [2.75, 3.05) is 6.54 Å². The number of rotatable bonds is 8. The Labute approximate surface area is 126 Å². The molecule has 7 heteroatoms. The Balaban J connectivity index is 4.07. The zero-order valence-corrected chi connectivity index (χ0v) is 13.6. The lowest BCUT2D eigenvalue weighted by atomic mass is 10.0. The lowest BCUT2D eigenvalue weighted by Crippen LogP contribution is -2.53. The van der Waals surface area contributed by atoms with Crippen molar-refractivity contribution in [1.82, 2.24) is 21.5 Å². The number of nitrogens with one attached hydrogen (secondary N) is 4. The minimum atomic E-state index is -0.590. The molecular weight excluding hydrogens is 272 g/mol. The molecule has 0 heterocycles. The van der Waals surface area contributed by atoms with Crippen LogP contribution in [0, 0.1) is 5.92 Å². The fourth-order valence-electron chi connectivity index (χ4n) is 1.57. The van der Waals surface area contributed by atoms with E-state index in [2.05, 4.69) is 21.5 Å². The second kappa shape index (κ2) is 10.1. The molecule has 0 radical (unpaired) electrons. The third kappa shape index (κ3) is 9.84. The van der Waals surface area contributed by atoms with Crippen LogP contribution in [-0.4, -0.2) is 36.3 Å². The van der Waals surface area contributed by atoms with Crippen LogP contribution in [0.3, 0.4) is 0 Å². The van der Waals surface area contributed by atoms with Crippen LogP contribution in [0.5, 0.6) is 0 Å². The standard InChI is InChI=1S/C14H28N4O3/c1-6-10(4)15-8-13(20)17-18-14(21)16-12(11(5)19)7-9(2)3/h9-10,12,15H,6-8H2,1-5H3,(H,17,20)(H2,16,18,21). The van der Waals surface area contributed by atoms with Crippen LogP contribution >= 0.6 is 0 Å². The van der Waals surface area contributed by atoms with E-state index in [1.165, 1.54) is 6.92 Å². The van der Waals surface area contributed by atoms with Gasteiger partial charge in [0.15, 0.2) is 5.78 Å². The van der Waals surface area contributed by atoms with Crippen molar-refractivity contribution in [2.45, 2.75) is 59.5 Å². The summed E-state index contributed by atoms with van der Waals surface area (Å²) in [5.41, 5.74) is 4.53. The molecule has 122 valence electrons.